The van der Waals surface area contributed by atoms with Gasteiger partial charge in [-0.15, -0.1) is 0 Å². The first kappa shape index (κ1) is 24.8. The zero-order valence-electron chi connectivity index (χ0n) is 20.9. The summed E-state index contributed by atoms with van der Waals surface area (Å²) in [5.74, 6) is 1.24. The summed E-state index contributed by atoms with van der Waals surface area (Å²) in [5.41, 5.74) is 5.36. The molecule has 0 aliphatic rings. The van der Waals surface area contributed by atoms with Crippen molar-refractivity contribution < 1.29 is 14.3 Å². The van der Waals surface area contributed by atoms with Crippen LogP contribution in [-0.4, -0.2) is 35.9 Å². The number of benzene rings is 2. The van der Waals surface area contributed by atoms with E-state index in [4.69, 9.17) is 14.5 Å². The summed E-state index contributed by atoms with van der Waals surface area (Å²) in [6.07, 6.45) is 0. The van der Waals surface area contributed by atoms with E-state index in [1.165, 1.54) is 19.8 Å². The van der Waals surface area contributed by atoms with Crippen molar-refractivity contribution >= 4 is 17.6 Å². The number of anilines is 1. The van der Waals surface area contributed by atoms with Crippen LogP contribution in [0, 0.1) is 13.8 Å². The minimum Gasteiger partial charge on any atom is -0.493 e. The van der Waals surface area contributed by atoms with Crippen molar-refractivity contribution in [2.24, 2.45) is 12.0 Å². The van der Waals surface area contributed by atoms with Crippen LogP contribution in [0.3, 0.4) is 0 Å². The summed E-state index contributed by atoms with van der Waals surface area (Å²) >= 11 is 0. The number of aromatic nitrogens is 2. The fourth-order valence-electron chi connectivity index (χ4n) is 3.64. The van der Waals surface area contributed by atoms with Gasteiger partial charge in [0.2, 0.25) is 5.96 Å². The zero-order valence-corrected chi connectivity index (χ0v) is 20.9. The number of carbonyl (C=O) groups excluding carboxylic acids is 1. The highest BCUT2D eigenvalue weighted by Crippen LogP contribution is 2.30. The van der Waals surface area contributed by atoms with Crippen LogP contribution in [0.1, 0.15) is 52.6 Å². The molecule has 0 saturated carbocycles. The van der Waals surface area contributed by atoms with Crippen LogP contribution in [0.15, 0.2) is 47.5 Å². The molecule has 1 aromatic heterocycles. The van der Waals surface area contributed by atoms with Gasteiger partial charge in [-0.2, -0.15) is 5.10 Å². The maximum absolute atomic E-state index is 13.2. The molecule has 3 aromatic rings. The lowest BCUT2D eigenvalue weighted by atomic mass is 10.0. The first-order valence-electron chi connectivity index (χ1n) is 11.2. The SMILES string of the molecule is COc1cccc(C(=O)NC(=NCc2c(C)nn(C)c2C)Nc2ccc(C(C)C)cc2)c1OC. The van der Waals surface area contributed by atoms with Crippen LogP contribution in [0.4, 0.5) is 5.69 Å². The number of aliphatic imine (C=N–C) groups is 1. The standard InChI is InChI=1S/C26H33N5O3/c1-16(2)19-11-13-20(14-12-19)28-26(27-15-22-17(3)30-31(5)18(22)4)29-25(32)21-9-8-10-23(33-6)24(21)34-7/h8-14,16H,15H2,1-7H3,(H2,27,28,29,32). The molecule has 8 heteroatoms. The number of amides is 1. The highest BCUT2D eigenvalue weighted by molar-refractivity contribution is 6.11. The van der Waals surface area contributed by atoms with Crippen molar-refractivity contribution in [1.82, 2.24) is 15.1 Å². The van der Waals surface area contributed by atoms with Gasteiger partial charge >= 0.3 is 0 Å². The Morgan fingerprint density at radius 3 is 2.35 bits per heavy atom. The van der Waals surface area contributed by atoms with Crippen LogP contribution in [0.25, 0.3) is 0 Å². The first-order chi connectivity index (χ1) is 16.2. The number of nitrogens with one attached hydrogen (secondary N) is 2. The van der Waals surface area contributed by atoms with Gasteiger partial charge in [-0.3, -0.25) is 14.8 Å². The smallest absolute Gasteiger partial charge is 0.261 e. The van der Waals surface area contributed by atoms with Gasteiger partial charge in [0.1, 0.15) is 0 Å². The van der Waals surface area contributed by atoms with Crippen LogP contribution in [0.2, 0.25) is 0 Å². The van der Waals surface area contributed by atoms with E-state index in [-0.39, 0.29) is 5.91 Å². The normalized spacial score (nSPS) is 11.5. The van der Waals surface area contributed by atoms with Crippen molar-refractivity contribution in [2.45, 2.75) is 40.2 Å². The Balaban J connectivity index is 1.91. The maximum atomic E-state index is 13.2. The first-order valence-corrected chi connectivity index (χ1v) is 11.2. The van der Waals surface area contributed by atoms with Crippen LogP contribution < -0.4 is 20.1 Å². The summed E-state index contributed by atoms with van der Waals surface area (Å²) in [6, 6.07) is 13.2. The number of ether oxygens (including phenoxy) is 2. The number of hydrogen-bond acceptors (Lipinski definition) is 5. The molecule has 2 aromatic carbocycles. The number of carbonyl (C=O) groups is 1. The number of nitrogens with zero attached hydrogens (tertiary/aromatic N) is 3. The van der Waals surface area contributed by atoms with Crippen molar-refractivity contribution in [1.29, 1.82) is 0 Å². The van der Waals surface area contributed by atoms with Crippen LogP contribution >= 0.6 is 0 Å². The summed E-state index contributed by atoms with van der Waals surface area (Å²) in [6.45, 7) is 8.62. The Bertz CT molecular complexity index is 1180. The molecule has 0 atom stereocenters. The minimum atomic E-state index is -0.361. The van der Waals surface area contributed by atoms with Gasteiger partial charge < -0.3 is 14.8 Å². The number of para-hydroxylation sites is 1. The lowest BCUT2D eigenvalue weighted by molar-refractivity contribution is 0.0973. The fraction of sp³-hybridized carbons (Fsp3) is 0.346. The molecule has 2 N–H and O–H groups in total. The molecular weight excluding hydrogens is 430 g/mol. The maximum Gasteiger partial charge on any atom is 0.261 e. The molecule has 0 aliphatic carbocycles. The van der Waals surface area contributed by atoms with E-state index in [0.29, 0.717) is 35.5 Å². The van der Waals surface area contributed by atoms with E-state index in [1.54, 1.807) is 18.2 Å². The molecule has 180 valence electrons. The summed E-state index contributed by atoms with van der Waals surface area (Å²) < 4.78 is 12.6. The monoisotopic (exact) mass is 463 g/mol. The Morgan fingerprint density at radius 2 is 1.79 bits per heavy atom. The van der Waals surface area contributed by atoms with E-state index in [1.807, 2.05) is 37.7 Å². The second-order valence-corrected chi connectivity index (χ2v) is 8.33. The second-order valence-electron chi connectivity index (χ2n) is 8.33. The molecule has 8 nitrogen and oxygen atoms in total. The predicted molar refractivity (Wildman–Crippen MR) is 135 cm³/mol. The second kappa shape index (κ2) is 10.9. The minimum absolute atomic E-state index is 0.329. The zero-order chi connectivity index (χ0) is 24.8. The third-order valence-corrected chi connectivity index (χ3v) is 5.77. The van der Waals surface area contributed by atoms with Crippen LogP contribution in [0.5, 0.6) is 11.5 Å². The summed E-state index contributed by atoms with van der Waals surface area (Å²) in [4.78, 5) is 17.9. The predicted octanol–water partition coefficient (Wildman–Crippen LogP) is 4.58. The van der Waals surface area contributed by atoms with E-state index in [0.717, 1.165) is 22.6 Å². The van der Waals surface area contributed by atoms with Crippen molar-refractivity contribution in [3.8, 4) is 11.5 Å². The highest BCUT2D eigenvalue weighted by Gasteiger charge is 2.18. The molecule has 3 rings (SSSR count). The Labute approximate surface area is 201 Å². The number of guanidine groups is 1. The summed E-state index contributed by atoms with van der Waals surface area (Å²) in [5, 5.41) is 10.6. The van der Waals surface area contributed by atoms with Gasteiger partial charge in [0.05, 0.1) is 32.0 Å². The van der Waals surface area contributed by atoms with Gasteiger partial charge in [-0.1, -0.05) is 32.0 Å². The Kier molecular flexibility index (Phi) is 7.94. The summed E-state index contributed by atoms with van der Waals surface area (Å²) in [7, 11) is 4.95. The number of methoxy groups -OCH3 is 2. The number of rotatable bonds is 7. The average molecular weight is 464 g/mol. The average Bonchev–Trinajstić information content (AvgIpc) is 3.07. The third kappa shape index (κ3) is 5.57. The number of aryl methyl sites for hydroxylation is 2. The Hall–Kier alpha value is -3.81. The molecule has 0 spiro atoms. The van der Waals surface area contributed by atoms with Gasteiger partial charge in [0.15, 0.2) is 11.5 Å². The lowest BCUT2D eigenvalue weighted by Crippen LogP contribution is -2.36. The highest BCUT2D eigenvalue weighted by atomic mass is 16.5. The third-order valence-electron chi connectivity index (χ3n) is 5.77. The topological polar surface area (TPSA) is 89.8 Å². The fourth-order valence-corrected chi connectivity index (χ4v) is 3.64. The van der Waals surface area contributed by atoms with Crippen LogP contribution in [-0.2, 0) is 13.6 Å². The van der Waals surface area contributed by atoms with Gasteiger partial charge in [0, 0.05) is 24.0 Å². The molecule has 0 fully saturated rings. The molecule has 0 aliphatic heterocycles. The molecule has 1 amide bonds. The van der Waals surface area contributed by atoms with Crippen molar-refractivity contribution in [2.75, 3.05) is 19.5 Å². The number of hydrogen-bond donors (Lipinski definition) is 2. The van der Waals surface area contributed by atoms with E-state index < -0.39 is 0 Å². The lowest BCUT2D eigenvalue weighted by Gasteiger charge is -2.15. The van der Waals surface area contributed by atoms with Crippen molar-refractivity contribution in [3.63, 3.8) is 0 Å². The molecule has 34 heavy (non-hydrogen) atoms. The largest absolute Gasteiger partial charge is 0.493 e. The quantitative estimate of drug-likeness (QED) is 0.396. The molecular formula is C26H33N5O3. The Morgan fingerprint density at radius 1 is 1.09 bits per heavy atom. The van der Waals surface area contributed by atoms with E-state index >= 15 is 0 Å². The van der Waals surface area contributed by atoms with Crippen molar-refractivity contribution in [3.05, 3.63) is 70.5 Å². The van der Waals surface area contributed by atoms with Gasteiger partial charge in [-0.25, -0.2) is 4.99 Å². The van der Waals surface area contributed by atoms with E-state index in [9.17, 15) is 4.79 Å². The van der Waals surface area contributed by atoms with Gasteiger partial charge in [0.25, 0.3) is 5.91 Å². The van der Waals surface area contributed by atoms with Gasteiger partial charge in [-0.05, 0) is 49.6 Å². The molecule has 0 bridgehead atoms. The molecule has 1 heterocycles. The molecule has 0 unspecified atom stereocenters. The molecule has 0 saturated heterocycles. The molecule has 0 radical (unpaired) electrons. The van der Waals surface area contributed by atoms with E-state index in [2.05, 4.69) is 41.7 Å².